The molecule has 2 aromatic heterocycles. The second kappa shape index (κ2) is 8.75. The van der Waals surface area contributed by atoms with Gasteiger partial charge in [-0.25, -0.2) is 0 Å². The number of carbonyl (C=O) groups excluding carboxylic acids is 1. The number of nitrogens with zero attached hydrogens (tertiary/aromatic N) is 3. The molecule has 1 amide bonds. The maximum atomic E-state index is 12.4. The summed E-state index contributed by atoms with van der Waals surface area (Å²) in [7, 11) is 0. The van der Waals surface area contributed by atoms with E-state index in [0.29, 0.717) is 48.8 Å². The Labute approximate surface area is 163 Å². The van der Waals surface area contributed by atoms with Crippen molar-refractivity contribution in [1.29, 1.82) is 0 Å². The number of rotatable bonds is 8. The summed E-state index contributed by atoms with van der Waals surface area (Å²) in [6.45, 7) is 3.94. The van der Waals surface area contributed by atoms with Gasteiger partial charge >= 0.3 is 0 Å². The number of hydrogen-bond acceptors (Lipinski definition) is 6. The minimum Gasteiger partial charge on any atom is -0.390 e. The van der Waals surface area contributed by atoms with Gasteiger partial charge in [-0.2, -0.15) is 4.98 Å². The molecule has 0 bridgehead atoms. The van der Waals surface area contributed by atoms with Crippen LogP contribution in [-0.2, 0) is 12.8 Å². The van der Waals surface area contributed by atoms with E-state index in [9.17, 15) is 9.90 Å². The zero-order valence-electron chi connectivity index (χ0n) is 16.1. The van der Waals surface area contributed by atoms with Crippen molar-refractivity contribution in [3.63, 3.8) is 0 Å². The van der Waals surface area contributed by atoms with Gasteiger partial charge in [0.1, 0.15) is 5.69 Å². The number of aryl methyl sites for hydroxylation is 1. The highest BCUT2D eigenvalue weighted by atomic mass is 16.5. The van der Waals surface area contributed by atoms with Crippen molar-refractivity contribution in [2.45, 2.75) is 38.7 Å². The first-order valence-electron chi connectivity index (χ1n) is 9.24. The molecule has 146 valence electrons. The number of aliphatic hydroxyl groups is 1. The fourth-order valence-corrected chi connectivity index (χ4v) is 2.66. The summed E-state index contributed by atoms with van der Waals surface area (Å²) in [4.78, 5) is 20.9. The van der Waals surface area contributed by atoms with Crippen molar-refractivity contribution in [3.8, 4) is 11.5 Å². The Morgan fingerprint density at radius 3 is 2.79 bits per heavy atom. The second-order valence-corrected chi connectivity index (χ2v) is 7.25. The molecular weight excluding hydrogens is 356 g/mol. The molecule has 0 atom stereocenters. The molecule has 0 saturated carbocycles. The lowest BCUT2D eigenvalue weighted by Crippen LogP contribution is -2.26. The van der Waals surface area contributed by atoms with Crippen LogP contribution in [-0.4, -0.2) is 38.3 Å². The van der Waals surface area contributed by atoms with E-state index < -0.39 is 5.60 Å². The largest absolute Gasteiger partial charge is 0.390 e. The molecule has 0 aliphatic rings. The molecule has 0 spiro atoms. The molecule has 0 aliphatic heterocycles. The molecule has 28 heavy (non-hydrogen) atoms. The molecule has 0 saturated heterocycles. The van der Waals surface area contributed by atoms with Crippen LogP contribution in [0.5, 0.6) is 0 Å². The van der Waals surface area contributed by atoms with Gasteiger partial charge in [-0.3, -0.25) is 9.78 Å². The zero-order chi connectivity index (χ0) is 20.0. The van der Waals surface area contributed by atoms with E-state index in [1.165, 1.54) is 0 Å². The molecule has 0 unspecified atom stereocenters. The fraction of sp³-hybridized carbons (Fsp3) is 0.333. The summed E-state index contributed by atoms with van der Waals surface area (Å²) >= 11 is 0. The van der Waals surface area contributed by atoms with E-state index in [1.54, 1.807) is 32.2 Å². The first-order valence-corrected chi connectivity index (χ1v) is 9.24. The average molecular weight is 380 g/mol. The van der Waals surface area contributed by atoms with Crippen LogP contribution < -0.4 is 5.32 Å². The number of benzene rings is 1. The standard InChI is InChI=1S/C21H24N4O3/c1-21(2,27)11-9-15-6-5-7-16(14-15)20(26)23-13-10-18-24-19(25-28-18)17-8-3-4-12-22-17/h3-8,12,14,27H,9-11,13H2,1-2H3,(H,23,26). The highest BCUT2D eigenvalue weighted by Gasteiger charge is 2.14. The van der Waals surface area contributed by atoms with E-state index in [-0.39, 0.29) is 5.91 Å². The number of pyridine rings is 1. The lowest BCUT2D eigenvalue weighted by molar-refractivity contribution is 0.0714. The number of amides is 1. The Hall–Kier alpha value is -3.06. The summed E-state index contributed by atoms with van der Waals surface area (Å²) in [5.74, 6) is 0.718. The summed E-state index contributed by atoms with van der Waals surface area (Å²) < 4.78 is 5.21. The molecule has 3 aromatic rings. The van der Waals surface area contributed by atoms with E-state index in [1.807, 2.05) is 30.3 Å². The van der Waals surface area contributed by atoms with E-state index in [0.717, 1.165) is 5.56 Å². The predicted octanol–water partition coefficient (Wildman–Crippen LogP) is 2.81. The van der Waals surface area contributed by atoms with Gasteiger partial charge in [-0.15, -0.1) is 0 Å². The second-order valence-electron chi connectivity index (χ2n) is 7.25. The van der Waals surface area contributed by atoms with Crippen LogP contribution in [0.3, 0.4) is 0 Å². The summed E-state index contributed by atoms with van der Waals surface area (Å²) in [6.07, 6.45) is 3.45. The van der Waals surface area contributed by atoms with Gasteiger partial charge in [0.2, 0.25) is 11.7 Å². The maximum Gasteiger partial charge on any atom is 0.251 e. The van der Waals surface area contributed by atoms with Gasteiger partial charge in [0.25, 0.3) is 5.91 Å². The molecule has 2 heterocycles. The Balaban J connectivity index is 1.51. The van der Waals surface area contributed by atoms with E-state index in [4.69, 9.17) is 4.52 Å². The minimum absolute atomic E-state index is 0.158. The highest BCUT2D eigenvalue weighted by molar-refractivity contribution is 5.94. The first kappa shape index (κ1) is 19.7. The first-order chi connectivity index (χ1) is 13.4. The molecule has 0 radical (unpaired) electrons. The van der Waals surface area contributed by atoms with Crippen LogP contribution in [0.4, 0.5) is 0 Å². The zero-order valence-corrected chi connectivity index (χ0v) is 16.1. The van der Waals surface area contributed by atoms with Crippen molar-refractivity contribution in [2.75, 3.05) is 6.54 Å². The van der Waals surface area contributed by atoms with Crippen molar-refractivity contribution in [3.05, 3.63) is 65.7 Å². The Morgan fingerprint density at radius 2 is 2.04 bits per heavy atom. The van der Waals surface area contributed by atoms with Crippen LogP contribution in [0.25, 0.3) is 11.5 Å². The van der Waals surface area contributed by atoms with Crippen LogP contribution in [0.2, 0.25) is 0 Å². The quantitative estimate of drug-likeness (QED) is 0.623. The van der Waals surface area contributed by atoms with Gasteiger partial charge in [-0.1, -0.05) is 23.4 Å². The smallest absolute Gasteiger partial charge is 0.251 e. The molecule has 7 nitrogen and oxygen atoms in total. The van der Waals surface area contributed by atoms with Gasteiger partial charge in [-0.05, 0) is 56.5 Å². The van der Waals surface area contributed by atoms with Crippen molar-refractivity contribution in [1.82, 2.24) is 20.4 Å². The topological polar surface area (TPSA) is 101 Å². The third-order valence-corrected chi connectivity index (χ3v) is 4.20. The summed E-state index contributed by atoms with van der Waals surface area (Å²) in [6, 6.07) is 12.9. The summed E-state index contributed by atoms with van der Waals surface area (Å²) in [5.41, 5.74) is 1.53. The monoisotopic (exact) mass is 380 g/mol. The van der Waals surface area contributed by atoms with Crippen molar-refractivity contribution < 1.29 is 14.4 Å². The molecule has 3 rings (SSSR count). The molecule has 2 N–H and O–H groups in total. The van der Waals surface area contributed by atoms with E-state index in [2.05, 4.69) is 20.4 Å². The number of hydrogen-bond donors (Lipinski definition) is 2. The molecular formula is C21H24N4O3. The third-order valence-electron chi connectivity index (χ3n) is 4.20. The SMILES string of the molecule is CC(C)(O)CCc1cccc(C(=O)NCCc2nc(-c3ccccn3)no2)c1. The maximum absolute atomic E-state index is 12.4. The van der Waals surface area contributed by atoms with Crippen LogP contribution in [0.1, 0.15) is 42.1 Å². The normalized spacial score (nSPS) is 11.4. The highest BCUT2D eigenvalue weighted by Crippen LogP contribution is 2.15. The third kappa shape index (κ3) is 5.72. The molecule has 1 aromatic carbocycles. The predicted molar refractivity (Wildman–Crippen MR) is 105 cm³/mol. The lowest BCUT2D eigenvalue weighted by Gasteiger charge is -2.16. The number of aromatic nitrogens is 3. The van der Waals surface area contributed by atoms with Gasteiger partial charge in [0, 0.05) is 24.7 Å². The lowest BCUT2D eigenvalue weighted by atomic mass is 9.98. The van der Waals surface area contributed by atoms with Crippen molar-refractivity contribution >= 4 is 5.91 Å². The van der Waals surface area contributed by atoms with Gasteiger partial charge in [0.15, 0.2) is 0 Å². The van der Waals surface area contributed by atoms with Crippen LogP contribution in [0, 0.1) is 0 Å². The Kier molecular flexibility index (Phi) is 6.16. The van der Waals surface area contributed by atoms with Crippen LogP contribution >= 0.6 is 0 Å². The number of nitrogens with one attached hydrogen (secondary N) is 1. The van der Waals surface area contributed by atoms with E-state index >= 15 is 0 Å². The van der Waals surface area contributed by atoms with Crippen molar-refractivity contribution in [2.24, 2.45) is 0 Å². The minimum atomic E-state index is -0.726. The molecule has 7 heteroatoms. The van der Waals surface area contributed by atoms with Gasteiger partial charge in [0.05, 0.1) is 5.60 Å². The molecule has 0 aliphatic carbocycles. The van der Waals surface area contributed by atoms with Gasteiger partial charge < -0.3 is 14.9 Å². The Bertz CT molecular complexity index is 917. The fourth-order valence-electron chi connectivity index (χ4n) is 2.66. The molecule has 0 fully saturated rings. The number of carbonyl (C=O) groups is 1. The Morgan fingerprint density at radius 1 is 1.18 bits per heavy atom. The van der Waals surface area contributed by atoms with Crippen LogP contribution in [0.15, 0.2) is 53.2 Å². The summed E-state index contributed by atoms with van der Waals surface area (Å²) in [5, 5.41) is 16.6. The average Bonchev–Trinajstić information content (AvgIpc) is 3.16.